The zero-order chi connectivity index (χ0) is 13.3. The molecule has 2 aliphatic rings. The summed E-state index contributed by atoms with van der Waals surface area (Å²) in [6, 6.07) is -0.115. The van der Waals surface area contributed by atoms with Crippen molar-refractivity contribution in [2.45, 2.75) is 38.6 Å². The van der Waals surface area contributed by atoms with Gasteiger partial charge >= 0.3 is 0 Å². The van der Waals surface area contributed by atoms with E-state index >= 15 is 0 Å². The number of hydrogen-bond acceptors (Lipinski definition) is 4. The Morgan fingerprint density at radius 2 is 1.61 bits per heavy atom. The zero-order valence-electron chi connectivity index (χ0n) is 10.5. The molecule has 7 heteroatoms. The lowest BCUT2D eigenvalue weighted by atomic mass is 10.1. The maximum Gasteiger partial charge on any atom is 0.229 e. The lowest BCUT2D eigenvalue weighted by Gasteiger charge is -2.34. The molecular weight excluding hydrogens is 256 g/mol. The minimum absolute atomic E-state index is 0.0965. The van der Waals surface area contributed by atoms with Crippen LogP contribution >= 0.6 is 0 Å². The van der Waals surface area contributed by atoms with Crippen molar-refractivity contribution in [2.75, 3.05) is 18.8 Å². The van der Waals surface area contributed by atoms with Gasteiger partial charge in [0, 0.05) is 32.0 Å². The second kappa shape index (κ2) is 4.97. The number of likely N-dealkylation sites (tertiary alicyclic amines) is 1. The first-order chi connectivity index (χ1) is 8.45. The first-order valence-corrected chi connectivity index (χ1v) is 7.89. The van der Waals surface area contributed by atoms with Crippen molar-refractivity contribution in [1.82, 2.24) is 9.21 Å². The summed E-state index contributed by atoms with van der Waals surface area (Å²) in [4.78, 5) is 24.5. The SMILES string of the molecule is CCS(=O)(=O)N1CCC(N2C(=O)CCC2=O)CC1. The quantitative estimate of drug-likeness (QED) is 0.676. The van der Waals surface area contributed by atoms with Crippen LogP contribution in [0.25, 0.3) is 0 Å². The van der Waals surface area contributed by atoms with Gasteiger partial charge in [-0.1, -0.05) is 0 Å². The summed E-state index contributed by atoms with van der Waals surface area (Å²) < 4.78 is 24.8. The van der Waals surface area contributed by atoms with Crippen LogP contribution in [0.1, 0.15) is 32.6 Å². The molecule has 0 atom stereocenters. The van der Waals surface area contributed by atoms with Crippen molar-refractivity contribution in [1.29, 1.82) is 0 Å². The summed E-state index contributed by atoms with van der Waals surface area (Å²) in [5.74, 6) is -0.132. The van der Waals surface area contributed by atoms with Crippen LogP contribution in [-0.4, -0.2) is 54.3 Å². The van der Waals surface area contributed by atoms with Gasteiger partial charge < -0.3 is 0 Å². The average molecular weight is 274 g/mol. The summed E-state index contributed by atoms with van der Waals surface area (Å²) in [5.41, 5.74) is 0. The molecule has 0 N–H and O–H groups in total. The van der Waals surface area contributed by atoms with Gasteiger partial charge in [-0.2, -0.15) is 0 Å². The van der Waals surface area contributed by atoms with Gasteiger partial charge in [-0.3, -0.25) is 14.5 Å². The summed E-state index contributed by atoms with van der Waals surface area (Å²) in [7, 11) is -3.15. The molecule has 0 bridgehead atoms. The van der Waals surface area contributed by atoms with Gasteiger partial charge in [-0.15, -0.1) is 0 Å². The predicted octanol–water partition coefficient (Wildman–Crippen LogP) is -0.0505. The molecule has 0 unspecified atom stereocenters. The first kappa shape index (κ1) is 13.5. The first-order valence-electron chi connectivity index (χ1n) is 6.28. The molecule has 0 aromatic carbocycles. The second-order valence-corrected chi connectivity index (χ2v) is 6.95. The number of imide groups is 1. The van der Waals surface area contributed by atoms with Crippen molar-refractivity contribution < 1.29 is 18.0 Å². The van der Waals surface area contributed by atoms with Gasteiger partial charge in [-0.05, 0) is 19.8 Å². The highest BCUT2D eigenvalue weighted by atomic mass is 32.2. The van der Waals surface area contributed by atoms with E-state index in [0.717, 1.165) is 0 Å². The Bertz CT molecular complexity index is 436. The number of carbonyl (C=O) groups is 2. The molecule has 0 aliphatic carbocycles. The average Bonchev–Trinajstić information content (AvgIpc) is 2.69. The number of amides is 2. The van der Waals surface area contributed by atoms with E-state index in [1.54, 1.807) is 6.92 Å². The number of carbonyl (C=O) groups excluding carboxylic acids is 2. The van der Waals surface area contributed by atoms with Crippen LogP contribution in [0.5, 0.6) is 0 Å². The molecule has 102 valence electrons. The van der Waals surface area contributed by atoms with Gasteiger partial charge in [0.05, 0.1) is 5.75 Å². The summed E-state index contributed by atoms with van der Waals surface area (Å²) in [6.45, 7) is 2.42. The molecule has 0 radical (unpaired) electrons. The fourth-order valence-electron chi connectivity index (χ4n) is 2.56. The molecule has 18 heavy (non-hydrogen) atoms. The van der Waals surface area contributed by atoms with Crippen molar-refractivity contribution in [2.24, 2.45) is 0 Å². The summed E-state index contributed by atoms with van der Waals surface area (Å²) >= 11 is 0. The van der Waals surface area contributed by atoms with Gasteiger partial charge in [0.1, 0.15) is 0 Å². The third-order valence-electron chi connectivity index (χ3n) is 3.64. The molecule has 0 aromatic heterocycles. The normalized spacial score (nSPS) is 23.9. The van der Waals surface area contributed by atoms with Crippen LogP contribution in [0.3, 0.4) is 0 Å². The minimum Gasteiger partial charge on any atom is -0.279 e. The van der Waals surface area contributed by atoms with Crippen LogP contribution < -0.4 is 0 Å². The van der Waals surface area contributed by atoms with Gasteiger partial charge in [0.25, 0.3) is 0 Å². The molecule has 2 saturated heterocycles. The van der Waals surface area contributed by atoms with Gasteiger partial charge in [0.2, 0.25) is 21.8 Å². The lowest BCUT2D eigenvalue weighted by molar-refractivity contribution is -0.141. The Labute approximate surface area is 107 Å². The second-order valence-electron chi connectivity index (χ2n) is 4.69. The number of rotatable bonds is 3. The van der Waals surface area contributed by atoms with Crippen molar-refractivity contribution in [3.8, 4) is 0 Å². The van der Waals surface area contributed by atoms with Crippen LogP contribution in [-0.2, 0) is 19.6 Å². The third kappa shape index (κ3) is 2.42. The van der Waals surface area contributed by atoms with Crippen LogP contribution in [0, 0.1) is 0 Å². The van der Waals surface area contributed by atoms with Crippen molar-refractivity contribution in [3.05, 3.63) is 0 Å². The lowest BCUT2D eigenvalue weighted by Crippen LogP contribution is -2.48. The fraction of sp³-hybridized carbons (Fsp3) is 0.818. The number of piperidine rings is 1. The Morgan fingerprint density at radius 3 is 2.06 bits per heavy atom. The molecule has 0 spiro atoms. The Hall–Kier alpha value is -0.950. The number of hydrogen-bond donors (Lipinski definition) is 0. The van der Waals surface area contributed by atoms with Crippen LogP contribution in [0.4, 0.5) is 0 Å². The van der Waals surface area contributed by atoms with Gasteiger partial charge in [0.15, 0.2) is 0 Å². The number of sulfonamides is 1. The molecule has 2 rings (SSSR count). The van der Waals surface area contributed by atoms with E-state index in [-0.39, 0.29) is 23.6 Å². The topological polar surface area (TPSA) is 74.8 Å². The van der Waals surface area contributed by atoms with E-state index in [9.17, 15) is 18.0 Å². The molecule has 0 aromatic rings. The molecule has 2 fully saturated rings. The highest BCUT2D eigenvalue weighted by molar-refractivity contribution is 7.89. The van der Waals surface area contributed by atoms with Crippen molar-refractivity contribution >= 4 is 21.8 Å². The van der Waals surface area contributed by atoms with E-state index in [1.807, 2.05) is 0 Å². The third-order valence-corrected chi connectivity index (χ3v) is 5.52. The molecule has 2 heterocycles. The van der Waals surface area contributed by atoms with E-state index in [0.29, 0.717) is 38.8 Å². The molecule has 2 aliphatic heterocycles. The Balaban J connectivity index is 1.99. The monoisotopic (exact) mass is 274 g/mol. The largest absolute Gasteiger partial charge is 0.279 e. The van der Waals surface area contributed by atoms with E-state index in [4.69, 9.17) is 0 Å². The summed E-state index contributed by atoms with van der Waals surface area (Å²) in [6.07, 6.45) is 1.70. The molecule has 6 nitrogen and oxygen atoms in total. The van der Waals surface area contributed by atoms with E-state index in [2.05, 4.69) is 0 Å². The maximum absolute atomic E-state index is 11.7. The Kier molecular flexibility index (Phi) is 3.72. The van der Waals surface area contributed by atoms with Crippen molar-refractivity contribution in [3.63, 3.8) is 0 Å². The van der Waals surface area contributed by atoms with Gasteiger partial charge in [-0.25, -0.2) is 12.7 Å². The molecule has 2 amide bonds. The smallest absolute Gasteiger partial charge is 0.229 e. The van der Waals surface area contributed by atoms with Crippen LogP contribution in [0.15, 0.2) is 0 Å². The van der Waals surface area contributed by atoms with Crippen LogP contribution in [0.2, 0.25) is 0 Å². The summed E-state index contributed by atoms with van der Waals surface area (Å²) in [5, 5.41) is 0. The maximum atomic E-state index is 11.7. The highest BCUT2D eigenvalue weighted by Crippen LogP contribution is 2.24. The molecule has 0 saturated carbocycles. The fourth-order valence-corrected chi connectivity index (χ4v) is 3.69. The number of nitrogens with zero attached hydrogens (tertiary/aromatic N) is 2. The minimum atomic E-state index is -3.15. The Morgan fingerprint density at radius 1 is 1.11 bits per heavy atom. The highest BCUT2D eigenvalue weighted by Gasteiger charge is 2.37. The predicted molar refractivity (Wildman–Crippen MR) is 65.1 cm³/mol. The van der Waals surface area contributed by atoms with E-state index < -0.39 is 10.0 Å². The zero-order valence-corrected chi connectivity index (χ0v) is 11.3. The molecular formula is C11H18N2O4S. The van der Waals surface area contributed by atoms with E-state index in [1.165, 1.54) is 9.21 Å². The standard InChI is InChI=1S/C11H18N2O4S/c1-2-18(16,17)12-7-5-9(6-8-12)13-10(14)3-4-11(13)15/h9H,2-8H2,1H3.